The minimum absolute atomic E-state index is 0.0221. The van der Waals surface area contributed by atoms with E-state index in [1.54, 1.807) is 24.3 Å². The second-order valence-corrected chi connectivity index (χ2v) is 6.01. The molecule has 1 aromatic rings. The van der Waals surface area contributed by atoms with Crippen LogP contribution in [0.25, 0.3) is 0 Å². The van der Waals surface area contributed by atoms with Crippen molar-refractivity contribution in [2.45, 2.75) is 25.0 Å². The summed E-state index contributed by atoms with van der Waals surface area (Å²) >= 11 is 1.22. The number of ether oxygens (including phenoxy) is 1. The Bertz CT molecular complexity index is 572. The Kier molecular flexibility index (Phi) is 5.43. The van der Waals surface area contributed by atoms with E-state index in [1.807, 2.05) is 6.92 Å². The Morgan fingerprint density at radius 2 is 2.05 bits per heavy atom. The number of benzene rings is 1. The second kappa shape index (κ2) is 7.31. The lowest BCUT2D eigenvalue weighted by molar-refractivity contribution is -0.136. The fraction of sp³-hybridized carbons (Fsp3) is 0.400. The van der Waals surface area contributed by atoms with Crippen molar-refractivity contribution in [3.63, 3.8) is 0 Å². The lowest BCUT2D eigenvalue weighted by atomic mass is 10.3. The highest BCUT2D eigenvalue weighted by atomic mass is 32.2. The van der Waals surface area contributed by atoms with E-state index in [-0.39, 0.29) is 24.7 Å². The van der Waals surface area contributed by atoms with Crippen LogP contribution in [0.15, 0.2) is 24.3 Å². The molecule has 0 saturated carbocycles. The minimum atomic E-state index is -0.910. The molecule has 0 spiro atoms. The maximum absolute atomic E-state index is 12.3. The zero-order chi connectivity index (χ0) is 16.1. The number of carboxylic acid groups (broad SMARTS) is 1. The van der Waals surface area contributed by atoms with Crippen LogP contribution < -0.4 is 9.64 Å². The van der Waals surface area contributed by atoms with Gasteiger partial charge in [0, 0.05) is 12.2 Å². The molecule has 1 aliphatic heterocycles. The number of carbonyl (C=O) groups is 3. The zero-order valence-electron chi connectivity index (χ0n) is 12.2. The van der Waals surface area contributed by atoms with Gasteiger partial charge in [-0.3, -0.25) is 14.4 Å². The van der Waals surface area contributed by atoms with Crippen LogP contribution >= 0.6 is 11.8 Å². The van der Waals surface area contributed by atoms with Crippen molar-refractivity contribution in [2.75, 3.05) is 17.3 Å². The summed E-state index contributed by atoms with van der Waals surface area (Å²) in [5.41, 5.74) is 0.514. The molecule has 0 bridgehead atoms. The van der Waals surface area contributed by atoms with Crippen molar-refractivity contribution < 1.29 is 24.2 Å². The van der Waals surface area contributed by atoms with Gasteiger partial charge in [-0.25, -0.2) is 4.90 Å². The van der Waals surface area contributed by atoms with Gasteiger partial charge in [0.05, 0.1) is 24.0 Å². The summed E-state index contributed by atoms with van der Waals surface area (Å²) in [6.07, 6.45) is 0.0853. The smallest absolute Gasteiger partial charge is 0.304 e. The van der Waals surface area contributed by atoms with Gasteiger partial charge in [-0.05, 0) is 31.2 Å². The zero-order valence-corrected chi connectivity index (χ0v) is 13.0. The molecule has 1 saturated heterocycles. The first-order valence-electron chi connectivity index (χ1n) is 6.96. The molecule has 1 N–H and O–H groups in total. The number of imide groups is 1. The van der Waals surface area contributed by atoms with Gasteiger partial charge in [0.15, 0.2) is 0 Å². The van der Waals surface area contributed by atoms with Crippen LogP contribution in [0, 0.1) is 0 Å². The maximum Gasteiger partial charge on any atom is 0.304 e. The van der Waals surface area contributed by atoms with Gasteiger partial charge in [0.25, 0.3) is 0 Å². The van der Waals surface area contributed by atoms with E-state index >= 15 is 0 Å². The normalized spacial score (nSPS) is 17.9. The van der Waals surface area contributed by atoms with Gasteiger partial charge >= 0.3 is 5.97 Å². The number of carbonyl (C=O) groups excluding carboxylic acids is 2. The molecule has 0 aliphatic carbocycles. The summed E-state index contributed by atoms with van der Waals surface area (Å²) in [7, 11) is 0. The Balaban J connectivity index is 2.03. The number of rotatable bonds is 7. The molecule has 118 valence electrons. The first kappa shape index (κ1) is 16.4. The molecule has 7 heteroatoms. The highest BCUT2D eigenvalue weighted by Gasteiger charge is 2.39. The molecular formula is C15H17NO5S. The van der Waals surface area contributed by atoms with Gasteiger partial charge in [0.1, 0.15) is 5.75 Å². The predicted octanol–water partition coefficient (Wildman–Crippen LogP) is 1.93. The van der Waals surface area contributed by atoms with E-state index < -0.39 is 11.2 Å². The molecule has 2 amide bonds. The van der Waals surface area contributed by atoms with Crippen molar-refractivity contribution in [3.05, 3.63) is 24.3 Å². The van der Waals surface area contributed by atoms with Crippen LogP contribution in [0.3, 0.4) is 0 Å². The number of carboxylic acids is 1. The van der Waals surface area contributed by atoms with E-state index in [9.17, 15) is 14.4 Å². The summed E-state index contributed by atoms with van der Waals surface area (Å²) in [6, 6.07) is 6.77. The minimum Gasteiger partial charge on any atom is -0.494 e. The number of thioether (sulfide) groups is 1. The Morgan fingerprint density at radius 3 is 2.64 bits per heavy atom. The Morgan fingerprint density at radius 1 is 1.36 bits per heavy atom. The third kappa shape index (κ3) is 3.79. The van der Waals surface area contributed by atoms with Crippen molar-refractivity contribution in [1.82, 2.24) is 0 Å². The summed E-state index contributed by atoms with van der Waals surface area (Å²) in [6.45, 7) is 2.42. The van der Waals surface area contributed by atoms with E-state index in [0.717, 1.165) is 4.90 Å². The highest BCUT2D eigenvalue weighted by molar-refractivity contribution is 8.00. The number of anilines is 1. The lowest BCUT2D eigenvalue weighted by Crippen LogP contribution is -2.31. The molecule has 6 nitrogen and oxygen atoms in total. The van der Waals surface area contributed by atoms with Gasteiger partial charge < -0.3 is 9.84 Å². The van der Waals surface area contributed by atoms with Crippen molar-refractivity contribution in [3.8, 4) is 5.75 Å². The molecule has 0 radical (unpaired) electrons. The van der Waals surface area contributed by atoms with Crippen LogP contribution in [0.1, 0.15) is 19.8 Å². The molecule has 22 heavy (non-hydrogen) atoms. The van der Waals surface area contributed by atoms with Gasteiger partial charge in [0.2, 0.25) is 11.8 Å². The fourth-order valence-corrected chi connectivity index (χ4v) is 3.24. The summed E-state index contributed by atoms with van der Waals surface area (Å²) < 4.78 is 5.33. The first-order valence-corrected chi connectivity index (χ1v) is 8.01. The number of amides is 2. The number of aliphatic carboxylic acids is 1. The van der Waals surface area contributed by atoms with Crippen molar-refractivity contribution in [2.24, 2.45) is 0 Å². The third-order valence-corrected chi connectivity index (χ3v) is 4.36. The molecule has 1 aromatic carbocycles. The first-order chi connectivity index (χ1) is 10.5. The standard InChI is InChI=1S/C15H17NO5S/c1-2-21-11-5-3-10(4-6-11)16-13(17)9-12(15(16)20)22-8-7-14(18)19/h3-6,12H,2,7-9H2,1H3,(H,18,19)/t12-/m1/s1. The fourth-order valence-electron chi connectivity index (χ4n) is 2.15. The van der Waals surface area contributed by atoms with E-state index in [4.69, 9.17) is 9.84 Å². The van der Waals surface area contributed by atoms with Crippen LogP contribution in [0.2, 0.25) is 0 Å². The molecule has 1 atom stereocenters. The number of hydrogen-bond donors (Lipinski definition) is 1. The summed E-state index contributed by atoms with van der Waals surface area (Å²) in [5, 5.41) is 8.12. The monoisotopic (exact) mass is 323 g/mol. The van der Waals surface area contributed by atoms with E-state index in [0.29, 0.717) is 23.8 Å². The molecular weight excluding hydrogens is 306 g/mol. The van der Waals surface area contributed by atoms with Crippen LogP contribution in [0.5, 0.6) is 5.75 Å². The Hall–Kier alpha value is -2.02. The second-order valence-electron chi connectivity index (χ2n) is 4.70. The average Bonchev–Trinajstić information content (AvgIpc) is 2.75. The topological polar surface area (TPSA) is 83.9 Å². The quantitative estimate of drug-likeness (QED) is 0.772. The predicted molar refractivity (Wildman–Crippen MR) is 83.2 cm³/mol. The SMILES string of the molecule is CCOc1ccc(N2C(=O)C[C@@H](SCCC(=O)O)C2=O)cc1. The molecule has 2 rings (SSSR count). The van der Waals surface area contributed by atoms with Crippen LogP contribution in [-0.2, 0) is 14.4 Å². The van der Waals surface area contributed by atoms with Crippen LogP contribution in [0.4, 0.5) is 5.69 Å². The van der Waals surface area contributed by atoms with Crippen molar-refractivity contribution >= 4 is 35.2 Å². The van der Waals surface area contributed by atoms with Gasteiger partial charge in [-0.1, -0.05) is 0 Å². The number of hydrogen-bond acceptors (Lipinski definition) is 5. The molecule has 1 heterocycles. The maximum atomic E-state index is 12.3. The van der Waals surface area contributed by atoms with Crippen LogP contribution in [-0.4, -0.2) is 40.5 Å². The molecule has 1 fully saturated rings. The summed E-state index contributed by atoms with van der Waals surface area (Å²) in [5.74, 6) is -0.465. The molecule has 0 aromatic heterocycles. The van der Waals surface area contributed by atoms with E-state index in [1.165, 1.54) is 11.8 Å². The number of nitrogens with zero attached hydrogens (tertiary/aromatic N) is 1. The largest absolute Gasteiger partial charge is 0.494 e. The Labute approximate surface area is 132 Å². The third-order valence-electron chi connectivity index (χ3n) is 3.15. The van der Waals surface area contributed by atoms with Gasteiger partial charge in [-0.15, -0.1) is 11.8 Å². The summed E-state index contributed by atoms with van der Waals surface area (Å²) in [4.78, 5) is 36.0. The average molecular weight is 323 g/mol. The van der Waals surface area contributed by atoms with E-state index in [2.05, 4.69) is 0 Å². The van der Waals surface area contributed by atoms with Crippen molar-refractivity contribution in [1.29, 1.82) is 0 Å². The molecule has 1 aliphatic rings. The van der Waals surface area contributed by atoms with Gasteiger partial charge in [-0.2, -0.15) is 0 Å². The lowest BCUT2D eigenvalue weighted by Gasteiger charge is -2.15. The molecule has 0 unspecified atom stereocenters. The highest BCUT2D eigenvalue weighted by Crippen LogP contribution is 2.30.